The molecule has 1 N–H and O–H groups in total. The lowest BCUT2D eigenvalue weighted by Crippen LogP contribution is -2.42. The summed E-state index contributed by atoms with van der Waals surface area (Å²) in [6.07, 6.45) is 2.42. The summed E-state index contributed by atoms with van der Waals surface area (Å²) in [6, 6.07) is 0. The van der Waals surface area contributed by atoms with Crippen LogP contribution in [0.1, 0.15) is 12.8 Å². The Balaban J connectivity index is 2.22. The smallest absolute Gasteiger partial charge is 0.236 e. The molecule has 1 fully saturated rings. The first kappa shape index (κ1) is 12.5. The van der Waals surface area contributed by atoms with E-state index in [0.717, 1.165) is 25.6 Å². The Morgan fingerprint density at radius 2 is 2.00 bits per heavy atom. The maximum atomic E-state index is 11.5. The highest BCUT2D eigenvalue weighted by Gasteiger charge is 2.20. The maximum Gasteiger partial charge on any atom is 0.236 e. The fourth-order valence-corrected chi connectivity index (χ4v) is 1.97. The Morgan fingerprint density at radius 1 is 1.40 bits per heavy atom. The summed E-state index contributed by atoms with van der Waals surface area (Å²) in [4.78, 5) is 15.4. The molecule has 4 nitrogen and oxygen atoms in total. The molecule has 0 aliphatic carbocycles. The first-order chi connectivity index (χ1) is 7.13. The van der Waals surface area contributed by atoms with Gasteiger partial charge in [-0.05, 0) is 45.4 Å². The second kappa shape index (κ2) is 6.08. The molecule has 0 aromatic rings. The van der Waals surface area contributed by atoms with E-state index in [1.54, 1.807) is 4.90 Å². The molecule has 15 heavy (non-hydrogen) atoms. The molecule has 4 heteroatoms. The van der Waals surface area contributed by atoms with Crippen molar-refractivity contribution in [2.45, 2.75) is 12.8 Å². The normalized spacial score (nSPS) is 19.1. The van der Waals surface area contributed by atoms with Crippen molar-refractivity contribution in [3.8, 4) is 0 Å². The minimum Gasteiger partial charge on any atom is -0.348 e. The van der Waals surface area contributed by atoms with Crippen LogP contribution in [0, 0.1) is 5.92 Å². The van der Waals surface area contributed by atoms with Crippen LogP contribution in [-0.2, 0) is 4.79 Å². The standard InChI is InChI=1S/C11H23N3O/c1-12-8-10-4-6-14(7-5-10)9-11(15)13(2)3/h10,12H,4-9H2,1-3H3. The lowest BCUT2D eigenvalue weighted by molar-refractivity contribution is -0.130. The molecule has 1 aliphatic rings. The topological polar surface area (TPSA) is 35.6 Å². The highest BCUT2D eigenvalue weighted by atomic mass is 16.2. The van der Waals surface area contributed by atoms with Gasteiger partial charge in [-0.25, -0.2) is 0 Å². The molecule has 0 radical (unpaired) electrons. The van der Waals surface area contributed by atoms with Gasteiger partial charge >= 0.3 is 0 Å². The number of hydrogen-bond acceptors (Lipinski definition) is 3. The summed E-state index contributed by atoms with van der Waals surface area (Å²) in [5, 5.41) is 3.22. The number of piperidine rings is 1. The van der Waals surface area contributed by atoms with E-state index in [0.29, 0.717) is 6.54 Å². The number of nitrogens with one attached hydrogen (secondary N) is 1. The Morgan fingerprint density at radius 3 is 2.47 bits per heavy atom. The van der Waals surface area contributed by atoms with E-state index in [2.05, 4.69) is 10.2 Å². The molecule has 0 saturated carbocycles. The lowest BCUT2D eigenvalue weighted by atomic mass is 9.97. The molecule has 1 saturated heterocycles. The van der Waals surface area contributed by atoms with Crippen LogP contribution >= 0.6 is 0 Å². The average molecular weight is 213 g/mol. The molecule has 0 unspecified atom stereocenters. The van der Waals surface area contributed by atoms with Gasteiger partial charge in [0.05, 0.1) is 6.54 Å². The van der Waals surface area contributed by atoms with Crippen molar-refractivity contribution in [1.82, 2.24) is 15.1 Å². The number of carbonyl (C=O) groups excluding carboxylic acids is 1. The van der Waals surface area contributed by atoms with Crippen LogP contribution < -0.4 is 5.32 Å². The Hall–Kier alpha value is -0.610. The number of hydrogen-bond donors (Lipinski definition) is 1. The third-order valence-corrected chi connectivity index (χ3v) is 3.06. The molecule has 0 aromatic carbocycles. The molecular weight excluding hydrogens is 190 g/mol. The largest absolute Gasteiger partial charge is 0.348 e. The zero-order chi connectivity index (χ0) is 11.3. The number of nitrogens with zero attached hydrogens (tertiary/aromatic N) is 2. The number of likely N-dealkylation sites (N-methyl/N-ethyl adjacent to an activating group) is 1. The second-order valence-corrected chi connectivity index (χ2v) is 4.57. The zero-order valence-corrected chi connectivity index (χ0v) is 10.1. The minimum atomic E-state index is 0.210. The van der Waals surface area contributed by atoms with Crippen LogP contribution in [0.3, 0.4) is 0 Å². The third-order valence-electron chi connectivity index (χ3n) is 3.06. The van der Waals surface area contributed by atoms with E-state index in [1.165, 1.54) is 12.8 Å². The fraction of sp³-hybridized carbons (Fsp3) is 0.909. The van der Waals surface area contributed by atoms with Crippen LogP contribution in [-0.4, -0.2) is 63.0 Å². The predicted octanol–water partition coefficient (Wildman–Crippen LogP) is 0.00600. The minimum absolute atomic E-state index is 0.210. The molecule has 0 bridgehead atoms. The number of amides is 1. The first-order valence-electron chi connectivity index (χ1n) is 5.70. The fourth-order valence-electron chi connectivity index (χ4n) is 1.97. The third kappa shape index (κ3) is 4.18. The van der Waals surface area contributed by atoms with E-state index in [4.69, 9.17) is 0 Å². The van der Waals surface area contributed by atoms with Crippen molar-refractivity contribution in [1.29, 1.82) is 0 Å². The van der Waals surface area contributed by atoms with Crippen LogP contribution in [0.25, 0.3) is 0 Å². The van der Waals surface area contributed by atoms with Gasteiger partial charge < -0.3 is 10.2 Å². The summed E-state index contributed by atoms with van der Waals surface area (Å²) in [5.74, 6) is 1.00. The Labute approximate surface area is 92.6 Å². The zero-order valence-electron chi connectivity index (χ0n) is 10.1. The van der Waals surface area contributed by atoms with Gasteiger partial charge in [0, 0.05) is 14.1 Å². The van der Waals surface area contributed by atoms with Gasteiger partial charge in [0.15, 0.2) is 0 Å². The predicted molar refractivity (Wildman–Crippen MR) is 61.8 cm³/mol. The van der Waals surface area contributed by atoms with Crippen molar-refractivity contribution in [2.24, 2.45) is 5.92 Å². The van der Waals surface area contributed by atoms with Crippen LogP contribution in [0.2, 0.25) is 0 Å². The summed E-state index contributed by atoms with van der Waals surface area (Å²) < 4.78 is 0. The first-order valence-corrected chi connectivity index (χ1v) is 5.70. The van der Waals surface area contributed by atoms with Crippen LogP contribution in [0.15, 0.2) is 0 Å². The Bertz CT molecular complexity index is 198. The van der Waals surface area contributed by atoms with Crippen molar-refractivity contribution in [3.63, 3.8) is 0 Å². The molecule has 1 amide bonds. The molecule has 1 heterocycles. The highest BCUT2D eigenvalue weighted by molar-refractivity contribution is 5.77. The summed E-state index contributed by atoms with van der Waals surface area (Å²) in [6.45, 7) is 3.81. The number of rotatable bonds is 4. The van der Waals surface area contributed by atoms with Gasteiger partial charge in [-0.3, -0.25) is 9.69 Å². The van der Waals surface area contributed by atoms with Crippen LogP contribution in [0.4, 0.5) is 0 Å². The van der Waals surface area contributed by atoms with Crippen molar-refractivity contribution >= 4 is 5.91 Å². The van der Waals surface area contributed by atoms with E-state index in [-0.39, 0.29) is 5.91 Å². The molecule has 88 valence electrons. The number of carbonyl (C=O) groups is 1. The lowest BCUT2D eigenvalue weighted by Gasteiger charge is -2.31. The quantitative estimate of drug-likeness (QED) is 0.714. The van der Waals surface area contributed by atoms with Gasteiger partial charge in [0.2, 0.25) is 5.91 Å². The monoisotopic (exact) mass is 213 g/mol. The average Bonchev–Trinajstić information content (AvgIpc) is 2.21. The van der Waals surface area contributed by atoms with E-state index in [9.17, 15) is 4.79 Å². The molecule has 1 aliphatic heterocycles. The summed E-state index contributed by atoms with van der Waals surface area (Å²) >= 11 is 0. The van der Waals surface area contributed by atoms with Gasteiger partial charge in [-0.15, -0.1) is 0 Å². The summed E-state index contributed by atoms with van der Waals surface area (Å²) in [7, 11) is 5.63. The molecule has 0 aromatic heterocycles. The molecule has 1 rings (SSSR count). The van der Waals surface area contributed by atoms with Crippen molar-refractivity contribution < 1.29 is 4.79 Å². The van der Waals surface area contributed by atoms with Gasteiger partial charge in [-0.1, -0.05) is 0 Å². The second-order valence-electron chi connectivity index (χ2n) is 4.57. The Kier molecular flexibility index (Phi) is 5.05. The van der Waals surface area contributed by atoms with Crippen LogP contribution in [0.5, 0.6) is 0 Å². The van der Waals surface area contributed by atoms with E-state index >= 15 is 0 Å². The molecule has 0 spiro atoms. The van der Waals surface area contributed by atoms with Crippen molar-refractivity contribution in [2.75, 3.05) is 47.3 Å². The van der Waals surface area contributed by atoms with E-state index in [1.807, 2.05) is 21.1 Å². The molecule has 0 atom stereocenters. The van der Waals surface area contributed by atoms with Gasteiger partial charge in [-0.2, -0.15) is 0 Å². The number of likely N-dealkylation sites (tertiary alicyclic amines) is 1. The van der Waals surface area contributed by atoms with Crippen molar-refractivity contribution in [3.05, 3.63) is 0 Å². The van der Waals surface area contributed by atoms with Gasteiger partial charge in [0.25, 0.3) is 0 Å². The molecular formula is C11H23N3O. The van der Waals surface area contributed by atoms with Gasteiger partial charge in [0.1, 0.15) is 0 Å². The van der Waals surface area contributed by atoms with E-state index < -0.39 is 0 Å². The summed E-state index contributed by atoms with van der Waals surface area (Å²) in [5.41, 5.74) is 0. The maximum absolute atomic E-state index is 11.5. The highest BCUT2D eigenvalue weighted by Crippen LogP contribution is 2.15. The SMILES string of the molecule is CNCC1CCN(CC(=O)N(C)C)CC1.